The van der Waals surface area contributed by atoms with Crippen LogP contribution < -0.4 is 4.74 Å². The molecule has 5 nitrogen and oxygen atoms in total. The van der Waals surface area contributed by atoms with Gasteiger partial charge in [-0.15, -0.1) is 0 Å². The molecule has 0 fully saturated rings. The number of rotatable bonds is 8. The molecule has 1 aliphatic rings. The topological polar surface area (TPSA) is 55.8 Å². The zero-order valence-corrected chi connectivity index (χ0v) is 17.2. The van der Waals surface area contributed by atoms with Crippen LogP contribution in [0.25, 0.3) is 5.57 Å². The Kier molecular flexibility index (Phi) is 6.78. The molecule has 1 aliphatic heterocycles. The van der Waals surface area contributed by atoms with Gasteiger partial charge in [-0.05, 0) is 36.8 Å². The second-order valence-electron chi connectivity index (χ2n) is 6.07. The van der Waals surface area contributed by atoms with Crippen molar-refractivity contribution in [2.24, 2.45) is 0 Å². The predicted molar refractivity (Wildman–Crippen MR) is 110 cm³/mol. The Bertz CT molecular complexity index is 911. The average molecular weight is 418 g/mol. The molecule has 2 aromatic rings. The fourth-order valence-corrected chi connectivity index (χ4v) is 4.06. The highest BCUT2D eigenvalue weighted by Gasteiger charge is 2.40. The normalized spacial score (nSPS) is 14.2. The predicted octanol–water partition coefficient (Wildman–Crippen LogP) is 4.26. The van der Waals surface area contributed by atoms with E-state index in [4.69, 9.17) is 21.1 Å². The van der Waals surface area contributed by atoms with Gasteiger partial charge in [0.05, 0.1) is 17.6 Å². The lowest BCUT2D eigenvalue weighted by molar-refractivity contribution is -0.136. The van der Waals surface area contributed by atoms with Crippen molar-refractivity contribution in [3.8, 4) is 5.75 Å². The first-order chi connectivity index (χ1) is 13.6. The van der Waals surface area contributed by atoms with E-state index in [0.29, 0.717) is 46.4 Å². The molecule has 0 saturated heterocycles. The summed E-state index contributed by atoms with van der Waals surface area (Å²) < 4.78 is 10.5. The summed E-state index contributed by atoms with van der Waals surface area (Å²) >= 11 is 7.22. The zero-order valence-electron chi connectivity index (χ0n) is 15.6. The standard InChI is InChI=1S/C21H20ClNO4S/c1-26-13-5-12-23-20(24)18(16-6-3-4-7-17(16)27-2)19(21(23)25)28-15-10-8-14(22)9-11-15/h3-4,6-11H,5,12-13H2,1-2H3. The maximum absolute atomic E-state index is 13.1. The van der Waals surface area contributed by atoms with Gasteiger partial charge in [0.25, 0.3) is 11.8 Å². The highest BCUT2D eigenvalue weighted by atomic mass is 35.5. The van der Waals surface area contributed by atoms with Crippen molar-refractivity contribution in [2.75, 3.05) is 27.4 Å². The van der Waals surface area contributed by atoms with Crippen molar-refractivity contribution in [3.05, 3.63) is 64.0 Å². The molecule has 0 aliphatic carbocycles. The van der Waals surface area contributed by atoms with Crippen LogP contribution in [-0.4, -0.2) is 44.1 Å². The number of amides is 2. The summed E-state index contributed by atoms with van der Waals surface area (Å²) in [6.07, 6.45) is 0.575. The van der Waals surface area contributed by atoms with E-state index in [-0.39, 0.29) is 11.8 Å². The lowest BCUT2D eigenvalue weighted by Gasteiger charge is -2.15. The minimum atomic E-state index is -0.318. The van der Waals surface area contributed by atoms with E-state index in [1.54, 1.807) is 38.5 Å². The van der Waals surface area contributed by atoms with Crippen LogP contribution in [0.3, 0.4) is 0 Å². The number of halogens is 1. The molecule has 2 aromatic carbocycles. The van der Waals surface area contributed by atoms with E-state index in [0.717, 1.165) is 4.90 Å². The number of carbonyl (C=O) groups excluding carboxylic acids is 2. The summed E-state index contributed by atoms with van der Waals surface area (Å²) in [5, 5.41) is 0.610. The Balaban J connectivity index is 2.03. The number of nitrogens with zero attached hydrogens (tertiary/aromatic N) is 1. The molecule has 0 aromatic heterocycles. The van der Waals surface area contributed by atoms with Crippen molar-refractivity contribution in [2.45, 2.75) is 11.3 Å². The molecule has 0 atom stereocenters. The van der Waals surface area contributed by atoms with Gasteiger partial charge in [-0.3, -0.25) is 14.5 Å². The Morgan fingerprint density at radius 3 is 2.39 bits per heavy atom. The van der Waals surface area contributed by atoms with E-state index >= 15 is 0 Å². The number of thioether (sulfide) groups is 1. The van der Waals surface area contributed by atoms with Gasteiger partial charge in [0, 0.05) is 35.7 Å². The van der Waals surface area contributed by atoms with E-state index in [1.807, 2.05) is 24.3 Å². The minimum Gasteiger partial charge on any atom is -0.496 e. The Labute approximate surface area is 173 Å². The molecule has 0 unspecified atom stereocenters. The fraction of sp³-hybridized carbons (Fsp3) is 0.238. The van der Waals surface area contributed by atoms with Crippen molar-refractivity contribution in [1.82, 2.24) is 4.90 Å². The number of methoxy groups -OCH3 is 2. The molecule has 7 heteroatoms. The number of hydrogen-bond donors (Lipinski definition) is 0. The molecule has 2 amide bonds. The maximum Gasteiger partial charge on any atom is 0.268 e. The summed E-state index contributed by atoms with van der Waals surface area (Å²) in [7, 11) is 3.14. The van der Waals surface area contributed by atoms with Gasteiger partial charge in [-0.2, -0.15) is 0 Å². The molecular weight excluding hydrogens is 398 g/mol. The molecule has 146 valence electrons. The van der Waals surface area contributed by atoms with Crippen molar-refractivity contribution >= 4 is 40.8 Å². The number of para-hydroxylation sites is 1. The number of hydrogen-bond acceptors (Lipinski definition) is 5. The highest BCUT2D eigenvalue weighted by Crippen LogP contribution is 2.42. The van der Waals surface area contributed by atoms with Crippen LogP contribution in [0.4, 0.5) is 0 Å². The molecule has 28 heavy (non-hydrogen) atoms. The third-order valence-electron chi connectivity index (χ3n) is 4.27. The molecule has 3 rings (SSSR count). The van der Waals surface area contributed by atoms with Crippen LogP contribution in [0, 0.1) is 0 Å². The monoisotopic (exact) mass is 417 g/mol. The first-order valence-electron chi connectivity index (χ1n) is 8.73. The molecule has 0 N–H and O–H groups in total. The third-order valence-corrected chi connectivity index (χ3v) is 5.61. The second kappa shape index (κ2) is 9.28. The fourth-order valence-electron chi connectivity index (χ4n) is 2.93. The lowest BCUT2D eigenvalue weighted by atomic mass is 10.1. The third kappa shape index (κ3) is 4.24. The average Bonchev–Trinajstić information content (AvgIpc) is 2.94. The van der Waals surface area contributed by atoms with Gasteiger partial charge in [0.1, 0.15) is 5.75 Å². The molecule has 0 saturated carbocycles. The lowest BCUT2D eigenvalue weighted by Crippen LogP contribution is -2.33. The molecule has 1 heterocycles. The number of benzene rings is 2. The molecule has 0 bridgehead atoms. The summed E-state index contributed by atoms with van der Waals surface area (Å²) in [5.74, 6) is -0.0735. The Morgan fingerprint density at radius 2 is 1.71 bits per heavy atom. The summed E-state index contributed by atoms with van der Waals surface area (Å²) in [4.78, 5) is 28.7. The zero-order chi connectivity index (χ0) is 20.1. The van der Waals surface area contributed by atoms with Gasteiger partial charge in [-0.1, -0.05) is 41.6 Å². The Hall–Kier alpha value is -2.28. The number of carbonyl (C=O) groups is 2. The van der Waals surface area contributed by atoms with E-state index in [9.17, 15) is 9.59 Å². The van der Waals surface area contributed by atoms with Crippen LogP contribution in [0.1, 0.15) is 12.0 Å². The smallest absolute Gasteiger partial charge is 0.268 e. The van der Waals surface area contributed by atoms with Gasteiger partial charge < -0.3 is 9.47 Å². The number of ether oxygens (including phenoxy) is 2. The molecular formula is C21H20ClNO4S. The summed E-state index contributed by atoms with van der Waals surface area (Å²) in [6, 6.07) is 14.4. The molecule has 0 spiro atoms. The van der Waals surface area contributed by atoms with E-state index < -0.39 is 0 Å². The van der Waals surface area contributed by atoms with Crippen LogP contribution in [0.2, 0.25) is 5.02 Å². The number of imide groups is 1. The largest absolute Gasteiger partial charge is 0.496 e. The summed E-state index contributed by atoms with van der Waals surface area (Å²) in [6.45, 7) is 0.773. The minimum absolute atomic E-state index is 0.300. The van der Waals surface area contributed by atoms with Crippen LogP contribution >= 0.6 is 23.4 Å². The first-order valence-corrected chi connectivity index (χ1v) is 9.92. The van der Waals surface area contributed by atoms with Crippen LogP contribution in [0.15, 0.2) is 58.3 Å². The van der Waals surface area contributed by atoms with Gasteiger partial charge in [0.2, 0.25) is 0 Å². The van der Waals surface area contributed by atoms with E-state index in [2.05, 4.69) is 0 Å². The SMILES string of the molecule is COCCCN1C(=O)C(Sc2ccc(Cl)cc2)=C(c2ccccc2OC)C1=O. The maximum atomic E-state index is 13.1. The van der Waals surface area contributed by atoms with Crippen LogP contribution in [0.5, 0.6) is 5.75 Å². The van der Waals surface area contributed by atoms with Crippen molar-refractivity contribution in [1.29, 1.82) is 0 Å². The Morgan fingerprint density at radius 1 is 1.00 bits per heavy atom. The summed E-state index contributed by atoms with van der Waals surface area (Å²) in [5.41, 5.74) is 0.967. The van der Waals surface area contributed by atoms with Crippen molar-refractivity contribution in [3.63, 3.8) is 0 Å². The second-order valence-corrected chi connectivity index (χ2v) is 7.59. The van der Waals surface area contributed by atoms with Crippen LogP contribution in [-0.2, 0) is 14.3 Å². The van der Waals surface area contributed by atoms with E-state index in [1.165, 1.54) is 16.7 Å². The highest BCUT2D eigenvalue weighted by molar-refractivity contribution is 8.04. The van der Waals surface area contributed by atoms with Gasteiger partial charge in [-0.25, -0.2) is 0 Å². The molecule has 0 radical (unpaired) electrons. The van der Waals surface area contributed by atoms with Gasteiger partial charge >= 0.3 is 0 Å². The first kappa shape index (κ1) is 20.5. The quantitative estimate of drug-likeness (QED) is 0.474. The van der Waals surface area contributed by atoms with Crippen molar-refractivity contribution < 1.29 is 19.1 Å². The van der Waals surface area contributed by atoms with Gasteiger partial charge in [0.15, 0.2) is 0 Å².